The summed E-state index contributed by atoms with van der Waals surface area (Å²) in [5.74, 6) is 0.00843. The van der Waals surface area contributed by atoms with Gasteiger partial charge < -0.3 is 11.1 Å². The van der Waals surface area contributed by atoms with Crippen LogP contribution in [0.1, 0.15) is 38.5 Å². The van der Waals surface area contributed by atoms with Crippen LogP contribution in [0.25, 0.3) is 0 Å². The smallest absolute Gasteiger partial charge is 0.226 e. The molecule has 1 aliphatic rings. The molecular formula is C11H18N4OS. The third kappa shape index (κ3) is 3.23. The number of carbonyl (C=O) groups excluding carboxylic acids is 1. The van der Waals surface area contributed by atoms with Gasteiger partial charge in [0.2, 0.25) is 11.0 Å². The fourth-order valence-corrected chi connectivity index (χ4v) is 2.95. The Morgan fingerprint density at radius 1 is 1.47 bits per heavy atom. The lowest BCUT2D eigenvalue weighted by atomic mass is 9.72. The Bertz CT molecular complexity index is 360. The second-order valence-corrected chi connectivity index (χ2v) is 5.57. The highest BCUT2D eigenvalue weighted by atomic mass is 32.1. The molecule has 1 amide bonds. The zero-order chi connectivity index (χ0) is 12.1. The molecule has 1 fully saturated rings. The molecule has 17 heavy (non-hydrogen) atoms. The quantitative estimate of drug-likeness (QED) is 0.858. The lowest BCUT2D eigenvalue weighted by molar-refractivity contribution is -0.118. The molecule has 0 bridgehead atoms. The van der Waals surface area contributed by atoms with E-state index in [9.17, 15) is 4.79 Å². The van der Waals surface area contributed by atoms with E-state index in [0.717, 1.165) is 12.8 Å². The van der Waals surface area contributed by atoms with Crippen molar-refractivity contribution < 1.29 is 4.79 Å². The van der Waals surface area contributed by atoms with Crippen molar-refractivity contribution in [2.75, 3.05) is 11.9 Å². The number of nitrogens with one attached hydrogen (secondary N) is 1. The number of anilines is 1. The first-order chi connectivity index (χ1) is 8.24. The van der Waals surface area contributed by atoms with Crippen LogP contribution in [0.3, 0.4) is 0 Å². The first-order valence-electron chi connectivity index (χ1n) is 6.00. The van der Waals surface area contributed by atoms with Crippen LogP contribution in [0, 0.1) is 5.41 Å². The Labute approximate surface area is 105 Å². The third-order valence-corrected chi connectivity index (χ3v) is 4.10. The van der Waals surface area contributed by atoms with E-state index in [0.29, 0.717) is 18.1 Å². The molecule has 0 aromatic carbocycles. The second-order valence-electron chi connectivity index (χ2n) is 4.73. The number of nitrogens with zero attached hydrogens (tertiary/aromatic N) is 2. The Kier molecular flexibility index (Phi) is 4.06. The van der Waals surface area contributed by atoms with E-state index in [1.54, 1.807) is 5.51 Å². The van der Waals surface area contributed by atoms with Crippen molar-refractivity contribution in [1.29, 1.82) is 0 Å². The summed E-state index contributed by atoms with van der Waals surface area (Å²) in [6.07, 6.45) is 6.26. The van der Waals surface area contributed by atoms with E-state index in [4.69, 9.17) is 5.73 Å². The van der Waals surface area contributed by atoms with Crippen molar-refractivity contribution in [2.24, 2.45) is 11.1 Å². The van der Waals surface area contributed by atoms with Gasteiger partial charge in [-0.2, -0.15) is 0 Å². The van der Waals surface area contributed by atoms with Gasteiger partial charge in [-0.15, -0.1) is 10.2 Å². The maximum Gasteiger partial charge on any atom is 0.226 e. The Hall–Kier alpha value is -1.01. The minimum absolute atomic E-state index is 0.00697. The maximum absolute atomic E-state index is 11.9. The highest BCUT2D eigenvalue weighted by molar-refractivity contribution is 7.13. The van der Waals surface area contributed by atoms with Crippen LogP contribution < -0.4 is 11.1 Å². The first kappa shape index (κ1) is 12.4. The Morgan fingerprint density at radius 2 is 2.24 bits per heavy atom. The molecule has 2 rings (SSSR count). The van der Waals surface area contributed by atoms with Crippen molar-refractivity contribution in [2.45, 2.75) is 38.5 Å². The summed E-state index contributed by atoms with van der Waals surface area (Å²) in [7, 11) is 0. The Balaban J connectivity index is 1.91. The van der Waals surface area contributed by atoms with E-state index in [-0.39, 0.29) is 11.3 Å². The standard InChI is InChI=1S/C11H18N4OS/c12-7-11(4-2-1-3-5-11)6-9(16)14-10-15-13-8-17-10/h8H,1-7,12H2,(H,14,15,16). The van der Waals surface area contributed by atoms with Crippen LogP contribution in [0.5, 0.6) is 0 Å². The van der Waals surface area contributed by atoms with E-state index in [2.05, 4.69) is 15.5 Å². The van der Waals surface area contributed by atoms with Crippen LogP contribution in [-0.2, 0) is 4.79 Å². The zero-order valence-electron chi connectivity index (χ0n) is 9.82. The highest BCUT2D eigenvalue weighted by Crippen LogP contribution is 2.38. The predicted octanol–water partition coefficient (Wildman–Crippen LogP) is 1.78. The third-order valence-electron chi connectivity index (χ3n) is 3.49. The molecule has 1 aliphatic carbocycles. The van der Waals surface area contributed by atoms with Gasteiger partial charge in [0.1, 0.15) is 5.51 Å². The van der Waals surface area contributed by atoms with E-state index in [1.807, 2.05) is 0 Å². The fourth-order valence-electron chi connectivity index (χ4n) is 2.49. The first-order valence-corrected chi connectivity index (χ1v) is 6.88. The minimum atomic E-state index is 0.00697. The van der Waals surface area contributed by atoms with Crippen LogP contribution in [0.2, 0.25) is 0 Å². The molecule has 6 heteroatoms. The van der Waals surface area contributed by atoms with Gasteiger partial charge in [0.05, 0.1) is 0 Å². The summed E-state index contributed by atoms with van der Waals surface area (Å²) in [5.41, 5.74) is 7.47. The van der Waals surface area contributed by atoms with Gasteiger partial charge in [-0.05, 0) is 24.8 Å². The summed E-state index contributed by atoms with van der Waals surface area (Å²) < 4.78 is 0. The number of carbonyl (C=O) groups is 1. The largest absolute Gasteiger partial charge is 0.330 e. The molecule has 1 aromatic rings. The number of hydrogen-bond donors (Lipinski definition) is 2. The van der Waals surface area contributed by atoms with Gasteiger partial charge in [-0.3, -0.25) is 4.79 Å². The number of amides is 1. The number of rotatable bonds is 4. The lowest BCUT2D eigenvalue weighted by Crippen LogP contribution is -2.36. The summed E-state index contributed by atoms with van der Waals surface area (Å²) in [6, 6.07) is 0. The van der Waals surface area contributed by atoms with Gasteiger partial charge in [0.15, 0.2) is 0 Å². The van der Waals surface area contributed by atoms with Gasteiger partial charge in [0.25, 0.3) is 0 Å². The molecular weight excluding hydrogens is 236 g/mol. The summed E-state index contributed by atoms with van der Waals surface area (Å²) in [6.45, 7) is 0.594. The molecule has 3 N–H and O–H groups in total. The number of nitrogens with two attached hydrogens (primary N) is 1. The summed E-state index contributed by atoms with van der Waals surface area (Å²) in [5, 5.41) is 10.8. The van der Waals surface area contributed by atoms with Crippen molar-refractivity contribution >= 4 is 22.4 Å². The molecule has 0 aliphatic heterocycles. The van der Waals surface area contributed by atoms with Crippen molar-refractivity contribution in [3.63, 3.8) is 0 Å². The monoisotopic (exact) mass is 254 g/mol. The van der Waals surface area contributed by atoms with E-state index >= 15 is 0 Å². The molecule has 0 spiro atoms. The number of aromatic nitrogens is 2. The van der Waals surface area contributed by atoms with Crippen LogP contribution in [0.15, 0.2) is 5.51 Å². The number of hydrogen-bond acceptors (Lipinski definition) is 5. The second kappa shape index (κ2) is 5.55. The predicted molar refractivity (Wildman–Crippen MR) is 67.7 cm³/mol. The molecule has 1 saturated carbocycles. The van der Waals surface area contributed by atoms with Crippen LogP contribution in [-0.4, -0.2) is 22.6 Å². The minimum Gasteiger partial charge on any atom is -0.330 e. The van der Waals surface area contributed by atoms with Crippen molar-refractivity contribution in [1.82, 2.24) is 10.2 Å². The molecule has 94 valence electrons. The molecule has 0 saturated heterocycles. The van der Waals surface area contributed by atoms with Crippen LogP contribution >= 0.6 is 11.3 Å². The van der Waals surface area contributed by atoms with Gasteiger partial charge in [-0.25, -0.2) is 0 Å². The normalized spacial score (nSPS) is 18.9. The van der Waals surface area contributed by atoms with Gasteiger partial charge in [-0.1, -0.05) is 30.6 Å². The lowest BCUT2D eigenvalue weighted by Gasteiger charge is -2.35. The maximum atomic E-state index is 11.9. The Morgan fingerprint density at radius 3 is 2.82 bits per heavy atom. The molecule has 0 atom stereocenters. The molecule has 0 radical (unpaired) electrons. The average molecular weight is 254 g/mol. The molecule has 1 heterocycles. The SMILES string of the molecule is NCC1(CC(=O)Nc2nncs2)CCCCC1. The highest BCUT2D eigenvalue weighted by Gasteiger charge is 2.33. The van der Waals surface area contributed by atoms with Crippen LogP contribution in [0.4, 0.5) is 5.13 Å². The molecule has 1 aromatic heterocycles. The van der Waals surface area contributed by atoms with Gasteiger partial charge >= 0.3 is 0 Å². The fraction of sp³-hybridized carbons (Fsp3) is 0.727. The molecule has 5 nitrogen and oxygen atoms in total. The molecule has 0 unspecified atom stereocenters. The van der Waals surface area contributed by atoms with E-state index in [1.165, 1.54) is 30.6 Å². The summed E-state index contributed by atoms with van der Waals surface area (Å²) >= 11 is 1.33. The van der Waals surface area contributed by atoms with Crippen molar-refractivity contribution in [3.05, 3.63) is 5.51 Å². The van der Waals surface area contributed by atoms with Gasteiger partial charge in [0, 0.05) is 6.42 Å². The summed E-state index contributed by atoms with van der Waals surface area (Å²) in [4.78, 5) is 11.9. The zero-order valence-corrected chi connectivity index (χ0v) is 10.6. The topological polar surface area (TPSA) is 80.9 Å². The van der Waals surface area contributed by atoms with E-state index < -0.39 is 0 Å². The average Bonchev–Trinajstić information content (AvgIpc) is 2.83. The van der Waals surface area contributed by atoms with Crippen molar-refractivity contribution in [3.8, 4) is 0 Å².